The Kier molecular flexibility index (Phi) is 2.21. The van der Waals surface area contributed by atoms with Crippen molar-refractivity contribution in [3.63, 3.8) is 0 Å². The molecule has 1 aliphatic rings. The first-order valence-corrected chi connectivity index (χ1v) is 4.39. The Balaban J connectivity index is 2.68. The third-order valence-electron chi connectivity index (χ3n) is 2.01. The highest BCUT2D eigenvalue weighted by molar-refractivity contribution is 5.85. The smallest absolute Gasteiger partial charge is 0.360 e. The summed E-state index contributed by atoms with van der Waals surface area (Å²) in [6.07, 6.45) is 7.85. The third-order valence-corrected chi connectivity index (χ3v) is 2.01. The second kappa shape index (κ2) is 3.53. The minimum Gasteiger partial charge on any atom is -0.476 e. The van der Waals surface area contributed by atoms with Crippen molar-refractivity contribution in [3.8, 4) is 0 Å². The van der Waals surface area contributed by atoms with Crippen LogP contribution in [0.25, 0.3) is 12.2 Å². The summed E-state index contributed by atoms with van der Waals surface area (Å²) >= 11 is 0. The lowest BCUT2D eigenvalue weighted by atomic mass is 10.3. The number of rotatable bonds is 1. The van der Waals surface area contributed by atoms with Crippen LogP contribution in [0.2, 0.25) is 0 Å². The summed E-state index contributed by atoms with van der Waals surface area (Å²) in [5.74, 6) is -1.32. The Hall–Kier alpha value is -2.17. The van der Waals surface area contributed by atoms with Crippen molar-refractivity contribution in [1.29, 1.82) is 0 Å². The topological polar surface area (TPSA) is 83.0 Å². The number of hydrogen-bond acceptors (Lipinski definition) is 3. The molecule has 2 N–H and O–H groups in total. The molecule has 1 heterocycles. The Labute approximate surface area is 84.8 Å². The Bertz CT molecular complexity index is 526. The number of hydrogen-bond donors (Lipinski definition) is 2. The summed E-state index contributed by atoms with van der Waals surface area (Å²) in [5, 5.41) is 8.71. The van der Waals surface area contributed by atoms with Crippen LogP contribution in [-0.2, 0) is 0 Å². The van der Waals surface area contributed by atoms with Gasteiger partial charge in [-0.1, -0.05) is 12.2 Å². The van der Waals surface area contributed by atoms with E-state index in [-0.39, 0.29) is 0 Å². The second-order valence-corrected chi connectivity index (χ2v) is 3.06. The predicted octanol–water partition coefficient (Wildman–Crippen LogP) is 0.898. The molecule has 0 spiro atoms. The van der Waals surface area contributed by atoms with Gasteiger partial charge in [0.1, 0.15) is 0 Å². The van der Waals surface area contributed by atoms with Crippen molar-refractivity contribution in [2.75, 3.05) is 0 Å². The molecule has 0 atom stereocenters. The van der Waals surface area contributed by atoms with Crippen molar-refractivity contribution in [2.45, 2.75) is 6.42 Å². The molecule has 0 saturated carbocycles. The number of nitrogens with one attached hydrogen (secondary N) is 1. The summed E-state index contributed by atoms with van der Waals surface area (Å²) in [4.78, 5) is 28.2. The molecule has 5 nitrogen and oxygen atoms in total. The highest BCUT2D eigenvalue weighted by Gasteiger charge is 2.13. The van der Waals surface area contributed by atoms with Crippen molar-refractivity contribution in [2.24, 2.45) is 0 Å². The van der Waals surface area contributed by atoms with Gasteiger partial charge in [0.2, 0.25) is 5.69 Å². The Morgan fingerprint density at radius 3 is 2.87 bits per heavy atom. The molecule has 0 radical (unpaired) electrons. The first-order chi connectivity index (χ1) is 7.18. The summed E-state index contributed by atoms with van der Waals surface area (Å²) in [6.45, 7) is 0. The minimum atomic E-state index is -1.32. The molecule has 0 bridgehead atoms. The molecule has 2 rings (SSSR count). The molecule has 15 heavy (non-hydrogen) atoms. The van der Waals surface area contributed by atoms with Crippen LogP contribution in [-0.4, -0.2) is 21.0 Å². The van der Waals surface area contributed by atoms with Crippen LogP contribution in [0, 0.1) is 0 Å². The fourth-order valence-electron chi connectivity index (χ4n) is 1.32. The number of H-pyrrole nitrogens is 1. The number of aromatic nitrogens is 2. The minimum absolute atomic E-state index is 0.473. The van der Waals surface area contributed by atoms with E-state index in [1.807, 2.05) is 12.2 Å². The van der Waals surface area contributed by atoms with Crippen molar-refractivity contribution >= 4 is 18.1 Å². The van der Waals surface area contributed by atoms with E-state index in [4.69, 9.17) is 5.11 Å². The highest BCUT2D eigenvalue weighted by atomic mass is 16.4. The van der Waals surface area contributed by atoms with Gasteiger partial charge in [-0.25, -0.2) is 9.78 Å². The SMILES string of the molecule is O=C(O)c1nc2c([nH]c1=O)C=CCC=C2. The quantitative estimate of drug-likeness (QED) is 0.711. The molecule has 0 unspecified atom stereocenters. The average molecular weight is 204 g/mol. The van der Waals surface area contributed by atoms with Gasteiger partial charge in [0.05, 0.1) is 11.4 Å². The number of carboxylic acids is 1. The number of aromatic carboxylic acids is 1. The first-order valence-electron chi connectivity index (χ1n) is 4.39. The van der Waals surface area contributed by atoms with E-state index in [2.05, 4.69) is 9.97 Å². The van der Waals surface area contributed by atoms with Gasteiger partial charge in [-0.15, -0.1) is 0 Å². The van der Waals surface area contributed by atoms with E-state index in [0.29, 0.717) is 11.4 Å². The molecule has 1 aliphatic carbocycles. The van der Waals surface area contributed by atoms with Crippen LogP contribution in [0.15, 0.2) is 16.9 Å². The summed E-state index contributed by atoms with van der Waals surface area (Å²) in [5.41, 5.74) is -0.144. The van der Waals surface area contributed by atoms with Crippen LogP contribution < -0.4 is 5.56 Å². The standard InChI is InChI=1S/C10H8N2O3/c13-9-8(10(14)15)11-6-4-2-1-3-5-7(6)12-9/h2-5H,1H2,(H,12,13)(H,14,15). The second-order valence-electron chi connectivity index (χ2n) is 3.06. The predicted molar refractivity (Wildman–Crippen MR) is 54.5 cm³/mol. The molecular weight excluding hydrogens is 196 g/mol. The summed E-state index contributed by atoms with van der Waals surface area (Å²) in [6, 6.07) is 0. The lowest BCUT2D eigenvalue weighted by Gasteiger charge is -2.00. The van der Waals surface area contributed by atoms with E-state index in [1.165, 1.54) is 0 Å². The van der Waals surface area contributed by atoms with E-state index >= 15 is 0 Å². The fourth-order valence-corrected chi connectivity index (χ4v) is 1.32. The first kappa shape index (κ1) is 9.39. The molecule has 1 aromatic rings. The highest BCUT2D eigenvalue weighted by Crippen LogP contribution is 2.11. The van der Waals surface area contributed by atoms with E-state index in [0.717, 1.165) is 6.42 Å². The Morgan fingerprint density at radius 2 is 2.13 bits per heavy atom. The van der Waals surface area contributed by atoms with Gasteiger partial charge in [0, 0.05) is 0 Å². The molecule has 0 amide bonds. The van der Waals surface area contributed by atoms with Gasteiger partial charge >= 0.3 is 5.97 Å². The van der Waals surface area contributed by atoms with E-state index in [1.54, 1.807) is 12.2 Å². The number of carboxylic acid groups (broad SMARTS) is 1. The lowest BCUT2D eigenvalue weighted by molar-refractivity contribution is 0.0688. The molecule has 0 aliphatic heterocycles. The largest absolute Gasteiger partial charge is 0.476 e. The van der Waals surface area contributed by atoms with Crippen molar-refractivity contribution in [1.82, 2.24) is 9.97 Å². The molecule has 1 aromatic heterocycles. The van der Waals surface area contributed by atoms with Gasteiger partial charge in [0.25, 0.3) is 5.56 Å². The van der Waals surface area contributed by atoms with Gasteiger partial charge in [-0.2, -0.15) is 0 Å². The number of aromatic amines is 1. The maximum Gasteiger partial charge on any atom is 0.360 e. The van der Waals surface area contributed by atoms with Crippen molar-refractivity contribution in [3.05, 3.63) is 39.6 Å². The van der Waals surface area contributed by atoms with Gasteiger partial charge in [-0.3, -0.25) is 4.79 Å². The van der Waals surface area contributed by atoms with Gasteiger partial charge in [0.15, 0.2) is 0 Å². The monoisotopic (exact) mass is 204 g/mol. The molecule has 0 aromatic carbocycles. The number of allylic oxidation sites excluding steroid dienone is 2. The molecule has 0 saturated heterocycles. The number of fused-ring (bicyclic) bond motifs is 1. The summed E-state index contributed by atoms with van der Waals surface area (Å²) in [7, 11) is 0. The van der Waals surface area contributed by atoms with Crippen LogP contribution in [0.5, 0.6) is 0 Å². The van der Waals surface area contributed by atoms with E-state index in [9.17, 15) is 9.59 Å². The van der Waals surface area contributed by atoms with Gasteiger partial charge in [-0.05, 0) is 18.6 Å². The molecule has 0 fully saturated rings. The van der Waals surface area contributed by atoms with Crippen LogP contribution >= 0.6 is 0 Å². The average Bonchev–Trinajstić information content (AvgIpc) is 2.40. The van der Waals surface area contributed by atoms with Crippen LogP contribution in [0.3, 0.4) is 0 Å². The maximum absolute atomic E-state index is 11.3. The zero-order valence-corrected chi connectivity index (χ0v) is 7.73. The zero-order chi connectivity index (χ0) is 10.8. The normalized spacial score (nSPS) is 13.3. The summed E-state index contributed by atoms with van der Waals surface area (Å²) < 4.78 is 0. The van der Waals surface area contributed by atoms with Crippen molar-refractivity contribution < 1.29 is 9.90 Å². The zero-order valence-electron chi connectivity index (χ0n) is 7.73. The molecular formula is C10H8N2O3. The number of nitrogens with zero attached hydrogens (tertiary/aromatic N) is 1. The van der Waals surface area contributed by atoms with Gasteiger partial charge < -0.3 is 10.1 Å². The van der Waals surface area contributed by atoms with E-state index < -0.39 is 17.2 Å². The maximum atomic E-state index is 11.3. The number of carbonyl (C=O) groups is 1. The fraction of sp³-hybridized carbons (Fsp3) is 0.100. The van der Waals surface area contributed by atoms with Crippen LogP contribution in [0.4, 0.5) is 0 Å². The molecule has 76 valence electrons. The third kappa shape index (κ3) is 1.71. The Morgan fingerprint density at radius 1 is 1.40 bits per heavy atom. The molecule has 5 heteroatoms. The lowest BCUT2D eigenvalue weighted by Crippen LogP contribution is -2.21. The van der Waals surface area contributed by atoms with Crippen LogP contribution in [0.1, 0.15) is 28.3 Å².